The Morgan fingerprint density at radius 2 is 1.39 bits per heavy atom. The molecule has 2 aromatic rings. The Hall–Kier alpha value is -2.19. The maximum Gasteiger partial charge on any atom is 0.407 e. The van der Waals surface area contributed by atoms with Crippen LogP contribution in [0.3, 0.4) is 0 Å². The predicted molar refractivity (Wildman–Crippen MR) is 124 cm³/mol. The zero-order valence-electron chi connectivity index (χ0n) is 18.7. The first kappa shape index (κ1) is 23.5. The number of hydrogen-bond acceptors (Lipinski definition) is 5. The van der Waals surface area contributed by atoms with E-state index in [9.17, 15) is 4.79 Å². The van der Waals surface area contributed by atoms with E-state index in [1.807, 2.05) is 24.3 Å². The van der Waals surface area contributed by atoms with Gasteiger partial charge in [0.25, 0.3) is 0 Å². The standard InChI is InChI=1S/C24H33NO5Si/c1-31(2,3)30-17-16-28-15-14-27-13-12-25-24(26)29-18-23-21-10-6-4-8-19(21)20-9-5-7-11-22(20)23/h4-11,23H,12-18H2,1-3H3,(H,25,26). The third kappa shape index (κ3) is 7.17. The van der Waals surface area contributed by atoms with Crippen molar-refractivity contribution in [2.24, 2.45) is 0 Å². The van der Waals surface area contributed by atoms with Crippen molar-refractivity contribution in [2.45, 2.75) is 25.6 Å². The quantitative estimate of drug-likeness (QED) is 0.389. The molecule has 0 radical (unpaired) electrons. The van der Waals surface area contributed by atoms with Gasteiger partial charge >= 0.3 is 6.09 Å². The minimum Gasteiger partial charge on any atom is -0.449 e. The van der Waals surface area contributed by atoms with Crippen LogP contribution in [0.5, 0.6) is 0 Å². The molecule has 6 nitrogen and oxygen atoms in total. The first-order valence-corrected chi connectivity index (χ1v) is 14.2. The van der Waals surface area contributed by atoms with Crippen LogP contribution in [0.4, 0.5) is 4.79 Å². The van der Waals surface area contributed by atoms with Gasteiger partial charge in [0.2, 0.25) is 0 Å². The normalized spacial score (nSPS) is 13.0. The lowest BCUT2D eigenvalue weighted by molar-refractivity contribution is 0.0360. The summed E-state index contributed by atoms with van der Waals surface area (Å²) in [6.07, 6.45) is -0.426. The Labute approximate surface area is 186 Å². The number of fused-ring (bicyclic) bond motifs is 3. The summed E-state index contributed by atoms with van der Waals surface area (Å²) in [7, 11) is -1.47. The predicted octanol–water partition coefficient (Wildman–Crippen LogP) is 4.41. The molecule has 2 aromatic carbocycles. The molecular weight excluding hydrogens is 410 g/mol. The monoisotopic (exact) mass is 443 g/mol. The molecule has 1 amide bonds. The van der Waals surface area contributed by atoms with E-state index in [2.05, 4.69) is 49.2 Å². The molecular formula is C24H33NO5Si. The van der Waals surface area contributed by atoms with Gasteiger partial charge in [0.1, 0.15) is 6.61 Å². The Morgan fingerprint density at radius 3 is 2.00 bits per heavy atom. The molecule has 0 bridgehead atoms. The number of nitrogens with one attached hydrogen (secondary N) is 1. The number of amides is 1. The lowest BCUT2D eigenvalue weighted by Gasteiger charge is -2.16. The Kier molecular flexibility index (Phi) is 8.66. The van der Waals surface area contributed by atoms with E-state index in [0.29, 0.717) is 46.2 Å². The van der Waals surface area contributed by atoms with E-state index in [1.54, 1.807) is 0 Å². The third-order valence-corrected chi connectivity index (χ3v) is 6.06. The van der Waals surface area contributed by atoms with Crippen molar-refractivity contribution in [3.8, 4) is 11.1 Å². The average molecular weight is 444 g/mol. The maximum absolute atomic E-state index is 12.1. The highest BCUT2D eigenvalue weighted by molar-refractivity contribution is 6.69. The van der Waals surface area contributed by atoms with Crippen LogP contribution in [0.2, 0.25) is 19.6 Å². The molecule has 1 aliphatic carbocycles. The molecule has 7 heteroatoms. The molecule has 0 saturated carbocycles. The van der Waals surface area contributed by atoms with Crippen LogP contribution in [0.1, 0.15) is 17.0 Å². The topological polar surface area (TPSA) is 66.0 Å². The first-order valence-electron chi connectivity index (χ1n) is 10.8. The van der Waals surface area contributed by atoms with E-state index in [1.165, 1.54) is 22.3 Å². The number of hydrogen-bond donors (Lipinski definition) is 1. The van der Waals surface area contributed by atoms with Crippen molar-refractivity contribution in [3.05, 3.63) is 59.7 Å². The van der Waals surface area contributed by atoms with Crippen molar-refractivity contribution < 1.29 is 23.4 Å². The molecule has 31 heavy (non-hydrogen) atoms. The van der Waals surface area contributed by atoms with Crippen LogP contribution in [0.15, 0.2) is 48.5 Å². The number of carbonyl (C=O) groups excluding carboxylic acids is 1. The van der Waals surface area contributed by atoms with Gasteiger partial charge in [0.05, 0.1) is 33.0 Å². The summed E-state index contributed by atoms with van der Waals surface area (Å²) in [6.45, 7) is 9.78. The van der Waals surface area contributed by atoms with E-state index in [-0.39, 0.29) is 5.92 Å². The number of alkyl carbamates (subject to hydrolysis) is 1. The summed E-state index contributed by atoms with van der Waals surface area (Å²) in [5.74, 6) is 0.0662. The number of rotatable bonds is 12. The molecule has 0 heterocycles. The molecule has 0 saturated heterocycles. The molecule has 0 aliphatic heterocycles. The van der Waals surface area contributed by atoms with Crippen LogP contribution in [-0.4, -0.2) is 60.6 Å². The molecule has 1 N–H and O–H groups in total. The zero-order valence-corrected chi connectivity index (χ0v) is 19.7. The second-order valence-electron chi connectivity index (χ2n) is 8.44. The number of benzene rings is 2. The van der Waals surface area contributed by atoms with Gasteiger partial charge < -0.3 is 24.0 Å². The molecule has 1 aliphatic rings. The summed E-state index contributed by atoms with van der Waals surface area (Å²) in [4.78, 5) is 12.1. The van der Waals surface area contributed by atoms with Gasteiger partial charge in [0.15, 0.2) is 8.32 Å². The molecule has 0 aromatic heterocycles. The minimum atomic E-state index is -1.47. The van der Waals surface area contributed by atoms with Crippen LogP contribution < -0.4 is 5.32 Å². The highest BCUT2D eigenvalue weighted by Gasteiger charge is 2.28. The fraction of sp³-hybridized carbons (Fsp3) is 0.458. The van der Waals surface area contributed by atoms with E-state index < -0.39 is 14.4 Å². The lowest BCUT2D eigenvalue weighted by atomic mass is 9.98. The van der Waals surface area contributed by atoms with Crippen LogP contribution in [0.25, 0.3) is 11.1 Å². The second-order valence-corrected chi connectivity index (χ2v) is 13.0. The summed E-state index contributed by atoms with van der Waals surface area (Å²) < 4.78 is 22.2. The molecule has 0 fully saturated rings. The van der Waals surface area contributed by atoms with Crippen molar-refractivity contribution in [3.63, 3.8) is 0 Å². The van der Waals surface area contributed by atoms with Gasteiger partial charge in [-0.1, -0.05) is 48.5 Å². The fourth-order valence-corrected chi connectivity index (χ4v) is 4.30. The average Bonchev–Trinajstić information content (AvgIpc) is 3.06. The lowest BCUT2D eigenvalue weighted by Crippen LogP contribution is -2.29. The van der Waals surface area contributed by atoms with Crippen molar-refractivity contribution >= 4 is 14.4 Å². The molecule has 168 valence electrons. The maximum atomic E-state index is 12.1. The summed E-state index contributed by atoms with van der Waals surface area (Å²) in [6, 6.07) is 16.6. The highest BCUT2D eigenvalue weighted by Crippen LogP contribution is 2.44. The zero-order chi connectivity index (χ0) is 22.1. The van der Waals surface area contributed by atoms with Crippen molar-refractivity contribution in [1.82, 2.24) is 5.32 Å². The van der Waals surface area contributed by atoms with Crippen LogP contribution >= 0.6 is 0 Å². The molecule has 3 rings (SSSR count). The van der Waals surface area contributed by atoms with Gasteiger partial charge in [-0.25, -0.2) is 4.79 Å². The Balaban J connectivity index is 1.29. The van der Waals surface area contributed by atoms with E-state index in [4.69, 9.17) is 18.6 Å². The van der Waals surface area contributed by atoms with Gasteiger partial charge in [-0.2, -0.15) is 0 Å². The van der Waals surface area contributed by atoms with Gasteiger partial charge in [-0.3, -0.25) is 0 Å². The van der Waals surface area contributed by atoms with Crippen LogP contribution in [0, 0.1) is 0 Å². The summed E-state index contributed by atoms with van der Waals surface area (Å²) in [5, 5.41) is 2.74. The highest BCUT2D eigenvalue weighted by atomic mass is 28.4. The molecule has 0 unspecified atom stereocenters. The fourth-order valence-electron chi connectivity index (χ4n) is 3.60. The summed E-state index contributed by atoms with van der Waals surface area (Å²) >= 11 is 0. The minimum absolute atomic E-state index is 0.0662. The van der Waals surface area contributed by atoms with Gasteiger partial charge in [0, 0.05) is 12.5 Å². The Morgan fingerprint density at radius 1 is 0.839 bits per heavy atom. The summed E-state index contributed by atoms with van der Waals surface area (Å²) in [5.41, 5.74) is 4.84. The van der Waals surface area contributed by atoms with E-state index >= 15 is 0 Å². The van der Waals surface area contributed by atoms with Crippen LogP contribution in [-0.2, 0) is 18.6 Å². The van der Waals surface area contributed by atoms with Gasteiger partial charge in [-0.15, -0.1) is 0 Å². The van der Waals surface area contributed by atoms with E-state index in [0.717, 1.165) is 0 Å². The largest absolute Gasteiger partial charge is 0.449 e. The number of ether oxygens (including phenoxy) is 3. The molecule has 0 atom stereocenters. The smallest absolute Gasteiger partial charge is 0.407 e. The van der Waals surface area contributed by atoms with Crippen molar-refractivity contribution in [2.75, 3.05) is 46.2 Å². The molecule has 0 spiro atoms. The number of carbonyl (C=O) groups is 1. The Bertz CT molecular complexity index is 806. The second kappa shape index (κ2) is 11.4. The van der Waals surface area contributed by atoms with Gasteiger partial charge in [-0.05, 0) is 41.9 Å². The third-order valence-electron chi connectivity index (χ3n) is 4.99. The SMILES string of the molecule is C[Si](C)(C)OCCOCCOCCNC(=O)OCC1c2ccccc2-c2ccccc21. The first-order chi connectivity index (χ1) is 15.0. The van der Waals surface area contributed by atoms with Crippen molar-refractivity contribution in [1.29, 1.82) is 0 Å².